The molecule has 0 aliphatic carbocycles. The van der Waals surface area contributed by atoms with Gasteiger partial charge in [0, 0.05) is 15.6 Å². The number of benzene rings is 3. The highest BCUT2D eigenvalue weighted by atomic mass is 79.9. The molecule has 0 fully saturated rings. The van der Waals surface area contributed by atoms with Gasteiger partial charge in [-0.2, -0.15) is 9.78 Å². The zero-order valence-electron chi connectivity index (χ0n) is 16.6. The molecule has 0 N–H and O–H groups in total. The number of nitrogens with zero attached hydrogens (tertiary/aromatic N) is 3. The Hall–Kier alpha value is -3.25. The average Bonchev–Trinajstić information content (AvgIpc) is 2.75. The maximum absolute atomic E-state index is 13.2. The fraction of sp³-hybridized carbons (Fsp3) is 0.125. The molecule has 4 aromatic rings. The fourth-order valence-electron chi connectivity index (χ4n) is 3.11. The van der Waals surface area contributed by atoms with Crippen molar-refractivity contribution in [2.75, 3.05) is 0 Å². The molecule has 0 radical (unpaired) electrons. The van der Waals surface area contributed by atoms with Gasteiger partial charge < -0.3 is 4.74 Å². The Morgan fingerprint density at radius 1 is 1.03 bits per heavy atom. The lowest BCUT2D eigenvalue weighted by Crippen LogP contribution is -2.20. The lowest BCUT2D eigenvalue weighted by Gasteiger charge is -2.13. The number of hydrogen-bond acceptors (Lipinski definition) is 4. The third kappa shape index (κ3) is 4.19. The molecule has 0 saturated heterocycles. The topological polar surface area (TPSA) is 56.5 Å². The third-order valence-electron chi connectivity index (χ3n) is 4.43. The summed E-state index contributed by atoms with van der Waals surface area (Å²) in [6.45, 7) is 3.93. The molecule has 0 amide bonds. The molecule has 0 unspecified atom stereocenters. The second-order valence-corrected chi connectivity index (χ2v) is 7.94. The van der Waals surface area contributed by atoms with Crippen molar-refractivity contribution in [3.8, 4) is 17.1 Å². The second-order valence-electron chi connectivity index (χ2n) is 7.03. The Bertz CT molecular complexity index is 1280. The van der Waals surface area contributed by atoms with E-state index in [4.69, 9.17) is 9.72 Å². The molecule has 1 aromatic heterocycles. The minimum Gasteiger partial charge on any atom is -0.490 e. The van der Waals surface area contributed by atoms with Gasteiger partial charge in [0.2, 0.25) is 0 Å². The number of para-hydroxylation sites is 1. The summed E-state index contributed by atoms with van der Waals surface area (Å²) < 4.78 is 8.13. The summed E-state index contributed by atoms with van der Waals surface area (Å²) >= 11 is 3.49. The Morgan fingerprint density at radius 3 is 2.53 bits per heavy atom. The van der Waals surface area contributed by atoms with E-state index >= 15 is 0 Å². The van der Waals surface area contributed by atoms with Crippen molar-refractivity contribution in [2.24, 2.45) is 5.10 Å². The molecule has 0 spiro atoms. The summed E-state index contributed by atoms with van der Waals surface area (Å²) in [5, 5.41) is 5.04. The highest BCUT2D eigenvalue weighted by Gasteiger charge is 2.12. The van der Waals surface area contributed by atoms with Gasteiger partial charge in [0.15, 0.2) is 5.82 Å². The largest absolute Gasteiger partial charge is 0.490 e. The number of fused-ring (bicyclic) bond motifs is 1. The molecule has 0 atom stereocenters. The maximum Gasteiger partial charge on any atom is 0.282 e. The Kier molecular flexibility index (Phi) is 5.77. The van der Waals surface area contributed by atoms with Crippen LogP contribution < -0.4 is 10.3 Å². The standard InChI is InChI=1S/C24H20BrN3O2/c1-16(2)30-22-13-12-19(25)14-18(22)15-26-28-23(17-8-4-3-5-9-17)27-21-11-7-6-10-20(21)24(28)29/h3-16H,1-2H3. The van der Waals surface area contributed by atoms with Gasteiger partial charge in [-0.25, -0.2) is 4.98 Å². The van der Waals surface area contributed by atoms with Crippen LogP contribution in [-0.4, -0.2) is 22.0 Å². The summed E-state index contributed by atoms with van der Waals surface area (Å²) in [5.74, 6) is 1.18. The Morgan fingerprint density at radius 2 is 1.77 bits per heavy atom. The normalized spacial score (nSPS) is 11.5. The average molecular weight is 462 g/mol. The van der Waals surface area contributed by atoms with Crippen LogP contribution >= 0.6 is 15.9 Å². The van der Waals surface area contributed by atoms with Crippen molar-refractivity contribution in [1.82, 2.24) is 9.66 Å². The first kappa shape index (κ1) is 20.0. The van der Waals surface area contributed by atoms with Gasteiger partial charge in [0.05, 0.1) is 23.2 Å². The van der Waals surface area contributed by atoms with Gasteiger partial charge in [0.1, 0.15) is 5.75 Å². The van der Waals surface area contributed by atoms with Crippen LogP contribution in [0.15, 0.2) is 87.2 Å². The number of aromatic nitrogens is 2. The highest BCUT2D eigenvalue weighted by Crippen LogP contribution is 2.23. The van der Waals surface area contributed by atoms with Crippen LogP contribution in [0.1, 0.15) is 19.4 Å². The first-order chi connectivity index (χ1) is 14.5. The molecule has 30 heavy (non-hydrogen) atoms. The molecule has 5 nitrogen and oxygen atoms in total. The van der Waals surface area contributed by atoms with Gasteiger partial charge in [0.25, 0.3) is 5.56 Å². The summed E-state index contributed by atoms with van der Waals surface area (Å²) in [4.78, 5) is 18.0. The maximum atomic E-state index is 13.2. The molecular formula is C24H20BrN3O2. The molecular weight excluding hydrogens is 442 g/mol. The van der Waals surface area contributed by atoms with Crippen LogP contribution in [0.25, 0.3) is 22.3 Å². The Balaban J connectivity index is 1.90. The van der Waals surface area contributed by atoms with Crippen LogP contribution in [0, 0.1) is 0 Å². The summed E-state index contributed by atoms with van der Waals surface area (Å²) in [6.07, 6.45) is 1.65. The van der Waals surface area contributed by atoms with Crippen molar-refractivity contribution >= 4 is 33.0 Å². The molecule has 0 saturated carbocycles. The zero-order chi connectivity index (χ0) is 21.1. The van der Waals surface area contributed by atoms with Crippen LogP contribution in [0.3, 0.4) is 0 Å². The fourth-order valence-corrected chi connectivity index (χ4v) is 3.49. The van der Waals surface area contributed by atoms with Crippen LogP contribution in [0.5, 0.6) is 5.75 Å². The number of halogens is 1. The monoisotopic (exact) mass is 461 g/mol. The van der Waals surface area contributed by atoms with Gasteiger partial charge >= 0.3 is 0 Å². The first-order valence-electron chi connectivity index (χ1n) is 9.61. The van der Waals surface area contributed by atoms with Crippen LogP contribution in [0.4, 0.5) is 0 Å². The van der Waals surface area contributed by atoms with E-state index in [1.54, 1.807) is 12.3 Å². The minimum atomic E-state index is -0.225. The number of ether oxygens (including phenoxy) is 1. The smallest absolute Gasteiger partial charge is 0.282 e. The summed E-state index contributed by atoms with van der Waals surface area (Å²) in [5.41, 5.74) is 1.98. The minimum absolute atomic E-state index is 0.0169. The quantitative estimate of drug-likeness (QED) is 0.369. The molecule has 0 aliphatic heterocycles. The highest BCUT2D eigenvalue weighted by molar-refractivity contribution is 9.10. The predicted octanol–water partition coefficient (Wildman–Crippen LogP) is 5.50. The van der Waals surface area contributed by atoms with Crippen LogP contribution in [0.2, 0.25) is 0 Å². The van der Waals surface area contributed by atoms with Gasteiger partial charge in [-0.1, -0.05) is 58.4 Å². The molecule has 4 rings (SSSR count). The van der Waals surface area contributed by atoms with E-state index in [0.717, 1.165) is 15.6 Å². The van der Waals surface area contributed by atoms with E-state index in [0.29, 0.717) is 22.5 Å². The van der Waals surface area contributed by atoms with E-state index in [2.05, 4.69) is 21.0 Å². The molecule has 150 valence electrons. The van der Waals surface area contributed by atoms with Crippen molar-refractivity contribution in [3.05, 3.63) is 93.2 Å². The van der Waals surface area contributed by atoms with E-state index in [1.807, 2.05) is 80.6 Å². The molecule has 6 heteroatoms. The number of rotatable bonds is 5. The first-order valence-corrected chi connectivity index (χ1v) is 10.4. The van der Waals surface area contributed by atoms with Crippen LogP contribution in [-0.2, 0) is 0 Å². The van der Waals surface area contributed by atoms with E-state index in [-0.39, 0.29) is 11.7 Å². The lowest BCUT2D eigenvalue weighted by atomic mass is 10.2. The van der Waals surface area contributed by atoms with E-state index < -0.39 is 0 Å². The summed E-state index contributed by atoms with van der Waals surface area (Å²) in [7, 11) is 0. The summed E-state index contributed by atoms with van der Waals surface area (Å²) in [6, 6.07) is 22.6. The zero-order valence-corrected chi connectivity index (χ0v) is 18.2. The van der Waals surface area contributed by atoms with E-state index in [9.17, 15) is 4.79 Å². The second kappa shape index (κ2) is 8.63. The van der Waals surface area contributed by atoms with Crippen molar-refractivity contribution < 1.29 is 4.74 Å². The van der Waals surface area contributed by atoms with Crippen molar-refractivity contribution in [2.45, 2.75) is 20.0 Å². The third-order valence-corrected chi connectivity index (χ3v) is 4.93. The van der Waals surface area contributed by atoms with Gasteiger partial charge in [-0.3, -0.25) is 4.79 Å². The van der Waals surface area contributed by atoms with E-state index in [1.165, 1.54) is 4.68 Å². The predicted molar refractivity (Wildman–Crippen MR) is 124 cm³/mol. The molecule has 0 aliphatic rings. The van der Waals surface area contributed by atoms with Gasteiger partial charge in [-0.05, 0) is 44.2 Å². The molecule has 0 bridgehead atoms. The SMILES string of the molecule is CC(C)Oc1ccc(Br)cc1C=Nn1c(-c2ccccc2)nc2ccccc2c1=O. The lowest BCUT2D eigenvalue weighted by molar-refractivity contribution is 0.242. The van der Waals surface area contributed by atoms with Crippen molar-refractivity contribution in [3.63, 3.8) is 0 Å². The van der Waals surface area contributed by atoms with Crippen molar-refractivity contribution in [1.29, 1.82) is 0 Å². The number of hydrogen-bond donors (Lipinski definition) is 0. The molecule has 3 aromatic carbocycles. The van der Waals surface area contributed by atoms with Gasteiger partial charge in [-0.15, -0.1) is 0 Å². The molecule has 1 heterocycles. The Labute approximate surface area is 182 Å².